The Morgan fingerprint density at radius 1 is 1.37 bits per heavy atom. The van der Waals surface area contributed by atoms with Crippen molar-refractivity contribution in [2.45, 2.75) is 4.90 Å². The van der Waals surface area contributed by atoms with Crippen LogP contribution in [0.25, 0.3) is 0 Å². The van der Waals surface area contributed by atoms with Crippen LogP contribution >= 0.6 is 10.7 Å². The highest BCUT2D eigenvalue weighted by molar-refractivity contribution is 8.13. The van der Waals surface area contributed by atoms with Gasteiger partial charge < -0.3 is 9.84 Å². The first kappa shape index (κ1) is 13.5. The van der Waals surface area contributed by atoms with E-state index in [1.54, 1.807) is 0 Å². The zero-order valence-corrected chi connectivity index (χ0v) is 10.7. The van der Waals surface area contributed by atoms with Gasteiger partial charge >= 0.3 is 0 Å². The van der Waals surface area contributed by atoms with E-state index in [2.05, 4.69) is 15.0 Å². The van der Waals surface area contributed by atoms with Gasteiger partial charge in [0.15, 0.2) is 5.69 Å². The molecule has 0 aliphatic carbocycles. The molecule has 1 amide bonds. The van der Waals surface area contributed by atoms with Crippen LogP contribution in [-0.2, 0) is 9.05 Å². The smallest absolute Gasteiger partial charge is 0.277 e. The summed E-state index contributed by atoms with van der Waals surface area (Å²) >= 11 is 0. The fraction of sp³-hybridized carbons (Fsp3) is 0. The van der Waals surface area contributed by atoms with Crippen molar-refractivity contribution in [3.05, 3.63) is 42.0 Å². The van der Waals surface area contributed by atoms with Gasteiger partial charge in [0.25, 0.3) is 15.0 Å². The first-order valence-corrected chi connectivity index (χ1v) is 7.15. The van der Waals surface area contributed by atoms with Crippen molar-refractivity contribution in [3.63, 3.8) is 0 Å². The van der Waals surface area contributed by atoms with Crippen LogP contribution in [0.3, 0.4) is 0 Å². The van der Waals surface area contributed by atoms with Crippen LogP contribution in [0.15, 0.2) is 39.9 Å². The van der Waals surface area contributed by atoms with Crippen molar-refractivity contribution < 1.29 is 22.1 Å². The van der Waals surface area contributed by atoms with Crippen molar-refractivity contribution in [2.24, 2.45) is 0 Å². The third-order valence-electron chi connectivity index (χ3n) is 2.12. The summed E-state index contributed by atoms with van der Waals surface area (Å²) in [5.74, 6) is -1.68. The Bertz CT molecular complexity index is 715. The molecule has 19 heavy (non-hydrogen) atoms. The molecule has 100 valence electrons. The molecule has 0 fully saturated rings. The summed E-state index contributed by atoms with van der Waals surface area (Å²) in [4.78, 5) is 10.9. The van der Waals surface area contributed by atoms with Crippen LogP contribution in [0.2, 0.25) is 0 Å². The SMILES string of the molecule is O=C(Nc1ccc(S(=O)(=O)Cl)c(F)c1)c1ccon1. The molecule has 1 heterocycles. The van der Waals surface area contributed by atoms with E-state index in [1.807, 2.05) is 0 Å². The summed E-state index contributed by atoms with van der Waals surface area (Å²) in [7, 11) is 0.861. The molecule has 0 radical (unpaired) electrons. The molecule has 0 unspecified atom stereocenters. The molecule has 0 aliphatic rings. The quantitative estimate of drug-likeness (QED) is 0.876. The number of halogens is 2. The van der Waals surface area contributed by atoms with Crippen LogP contribution < -0.4 is 5.32 Å². The molecule has 0 saturated heterocycles. The highest BCUT2D eigenvalue weighted by atomic mass is 35.7. The molecule has 1 aromatic heterocycles. The maximum atomic E-state index is 13.5. The predicted octanol–water partition coefficient (Wildman–Crippen LogP) is 1.99. The van der Waals surface area contributed by atoms with E-state index in [1.165, 1.54) is 18.4 Å². The average Bonchev–Trinajstić information content (AvgIpc) is 2.80. The van der Waals surface area contributed by atoms with Crippen molar-refractivity contribution >= 4 is 31.3 Å². The number of nitrogens with one attached hydrogen (secondary N) is 1. The van der Waals surface area contributed by atoms with Gasteiger partial charge in [0, 0.05) is 22.4 Å². The van der Waals surface area contributed by atoms with Gasteiger partial charge in [0.05, 0.1) is 0 Å². The summed E-state index contributed by atoms with van der Waals surface area (Å²) in [6.45, 7) is 0. The van der Waals surface area contributed by atoms with E-state index in [0.29, 0.717) is 0 Å². The van der Waals surface area contributed by atoms with E-state index >= 15 is 0 Å². The molecule has 9 heteroatoms. The van der Waals surface area contributed by atoms with Crippen LogP contribution in [-0.4, -0.2) is 19.5 Å². The second-order valence-electron chi connectivity index (χ2n) is 3.42. The number of amides is 1. The Kier molecular flexibility index (Phi) is 3.54. The Balaban J connectivity index is 2.24. The monoisotopic (exact) mass is 304 g/mol. The Labute approximate surface area is 111 Å². The maximum Gasteiger partial charge on any atom is 0.277 e. The molecule has 0 spiro atoms. The zero-order valence-electron chi connectivity index (χ0n) is 9.13. The van der Waals surface area contributed by atoms with Crippen molar-refractivity contribution in [1.82, 2.24) is 5.16 Å². The van der Waals surface area contributed by atoms with Crippen molar-refractivity contribution in [2.75, 3.05) is 5.32 Å². The van der Waals surface area contributed by atoms with E-state index in [4.69, 9.17) is 10.7 Å². The molecule has 6 nitrogen and oxygen atoms in total. The molecule has 0 atom stereocenters. The molecular formula is C10H6ClFN2O4S. The molecule has 1 aromatic carbocycles. The lowest BCUT2D eigenvalue weighted by Gasteiger charge is -2.04. The van der Waals surface area contributed by atoms with Gasteiger partial charge in [-0.05, 0) is 18.2 Å². The lowest BCUT2D eigenvalue weighted by atomic mass is 10.3. The minimum Gasteiger partial charge on any atom is -0.364 e. The number of hydrogen-bond acceptors (Lipinski definition) is 5. The van der Waals surface area contributed by atoms with Gasteiger partial charge in [-0.1, -0.05) is 5.16 Å². The first-order valence-electron chi connectivity index (χ1n) is 4.84. The maximum absolute atomic E-state index is 13.5. The summed E-state index contributed by atoms with van der Waals surface area (Å²) < 4.78 is 39.9. The number of benzene rings is 1. The zero-order chi connectivity index (χ0) is 14.0. The number of hydrogen-bond donors (Lipinski definition) is 1. The highest BCUT2D eigenvalue weighted by Gasteiger charge is 2.17. The molecule has 2 rings (SSSR count). The fourth-order valence-corrected chi connectivity index (χ4v) is 2.20. The lowest BCUT2D eigenvalue weighted by molar-refractivity contribution is 0.101. The number of aromatic nitrogens is 1. The number of carbonyl (C=O) groups excluding carboxylic acids is 1. The van der Waals surface area contributed by atoms with Crippen LogP contribution in [0.1, 0.15) is 10.5 Å². The number of rotatable bonds is 3. The van der Waals surface area contributed by atoms with Crippen LogP contribution in [0, 0.1) is 5.82 Å². The van der Waals surface area contributed by atoms with Gasteiger partial charge in [0.1, 0.15) is 17.0 Å². The van der Waals surface area contributed by atoms with Crippen molar-refractivity contribution in [1.29, 1.82) is 0 Å². The minimum atomic E-state index is -4.16. The topological polar surface area (TPSA) is 89.3 Å². The summed E-state index contributed by atoms with van der Waals surface area (Å²) in [5.41, 5.74) is 0.0732. The van der Waals surface area contributed by atoms with E-state index < -0.39 is 25.7 Å². The standard InChI is InChI=1S/C10H6ClFN2O4S/c11-19(16,17)9-2-1-6(5-7(9)12)13-10(15)8-3-4-18-14-8/h1-5H,(H,13,15). The lowest BCUT2D eigenvalue weighted by Crippen LogP contribution is -2.12. The van der Waals surface area contributed by atoms with Crippen molar-refractivity contribution in [3.8, 4) is 0 Å². The Morgan fingerprint density at radius 2 is 2.11 bits per heavy atom. The second-order valence-corrected chi connectivity index (χ2v) is 5.96. The third-order valence-corrected chi connectivity index (χ3v) is 3.48. The second kappa shape index (κ2) is 4.98. The number of nitrogens with zero attached hydrogens (tertiary/aromatic N) is 1. The fourth-order valence-electron chi connectivity index (χ4n) is 1.30. The van der Waals surface area contributed by atoms with Crippen LogP contribution in [0.4, 0.5) is 10.1 Å². The molecule has 0 bridgehead atoms. The third kappa shape index (κ3) is 3.09. The Morgan fingerprint density at radius 3 is 2.63 bits per heavy atom. The Hall–Kier alpha value is -1.93. The van der Waals surface area contributed by atoms with E-state index in [9.17, 15) is 17.6 Å². The normalized spacial score (nSPS) is 11.3. The summed E-state index contributed by atoms with van der Waals surface area (Å²) in [5, 5.41) is 5.72. The minimum absolute atomic E-state index is 0.00875. The summed E-state index contributed by atoms with van der Waals surface area (Å²) in [6, 6.07) is 4.32. The number of anilines is 1. The van der Waals surface area contributed by atoms with Gasteiger partial charge in [-0.25, -0.2) is 12.8 Å². The molecule has 2 aromatic rings. The van der Waals surface area contributed by atoms with E-state index in [-0.39, 0.29) is 11.4 Å². The van der Waals surface area contributed by atoms with Gasteiger partial charge in [-0.15, -0.1) is 0 Å². The van der Waals surface area contributed by atoms with Gasteiger partial charge in [0.2, 0.25) is 0 Å². The molecule has 0 aliphatic heterocycles. The van der Waals surface area contributed by atoms with Gasteiger partial charge in [-0.3, -0.25) is 4.79 Å². The molecule has 0 saturated carbocycles. The van der Waals surface area contributed by atoms with Gasteiger partial charge in [-0.2, -0.15) is 0 Å². The summed E-state index contributed by atoms with van der Waals surface area (Å²) in [6.07, 6.45) is 1.21. The average molecular weight is 305 g/mol. The molecule has 1 N–H and O–H groups in total. The number of carbonyl (C=O) groups is 1. The van der Waals surface area contributed by atoms with Crippen LogP contribution in [0.5, 0.6) is 0 Å². The first-order chi connectivity index (χ1) is 8.88. The van der Waals surface area contributed by atoms with E-state index in [0.717, 1.165) is 12.1 Å². The molecular weight excluding hydrogens is 299 g/mol. The largest absolute Gasteiger partial charge is 0.364 e. The highest BCUT2D eigenvalue weighted by Crippen LogP contribution is 2.22. The predicted molar refractivity (Wildman–Crippen MR) is 63.9 cm³/mol.